The number of esters is 1. The summed E-state index contributed by atoms with van der Waals surface area (Å²) in [7, 11) is 1.52. The average molecular weight is 410 g/mol. The van der Waals surface area contributed by atoms with Crippen molar-refractivity contribution in [2.45, 2.75) is 33.3 Å². The van der Waals surface area contributed by atoms with Gasteiger partial charge in [0.15, 0.2) is 23.4 Å². The van der Waals surface area contributed by atoms with Crippen LogP contribution >= 0.6 is 0 Å². The topological polar surface area (TPSA) is 90.5 Å². The lowest BCUT2D eigenvalue weighted by atomic mass is 10.1. The molecule has 7 nitrogen and oxygen atoms in total. The number of aromatic amines is 1. The molecule has 3 rings (SSSR count). The van der Waals surface area contributed by atoms with Gasteiger partial charge in [-0.25, -0.2) is 9.78 Å². The zero-order chi connectivity index (χ0) is 21.7. The first-order valence-electron chi connectivity index (χ1n) is 9.89. The molecule has 0 amide bonds. The maximum absolute atomic E-state index is 12.6. The van der Waals surface area contributed by atoms with E-state index in [0.717, 1.165) is 6.42 Å². The number of methoxy groups -OCH3 is 1. The van der Waals surface area contributed by atoms with Crippen molar-refractivity contribution in [1.82, 2.24) is 9.97 Å². The molecule has 2 aromatic carbocycles. The molecule has 0 unspecified atom stereocenters. The summed E-state index contributed by atoms with van der Waals surface area (Å²) in [4.78, 5) is 31.9. The Hall–Kier alpha value is -3.35. The Kier molecular flexibility index (Phi) is 6.72. The average Bonchev–Trinajstić information content (AvgIpc) is 2.73. The summed E-state index contributed by atoms with van der Waals surface area (Å²) >= 11 is 0. The third-order valence-corrected chi connectivity index (χ3v) is 4.65. The summed E-state index contributed by atoms with van der Waals surface area (Å²) in [6.07, 6.45) is 0.185. The first-order chi connectivity index (χ1) is 14.4. The summed E-state index contributed by atoms with van der Waals surface area (Å²) in [5.74, 6) is 1.29. The Bertz CT molecular complexity index is 1090. The fraction of sp³-hybridized carbons (Fsp3) is 0.348. The SMILES string of the molecule is COc1cc(C(=O)O[C@@H](C)c2nc3ccccc3c(=O)[nH]2)ccc1OCCC(C)C. The second-order valence-electron chi connectivity index (χ2n) is 7.41. The van der Waals surface area contributed by atoms with E-state index in [9.17, 15) is 9.59 Å². The molecule has 1 atom stereocenters. The molecule has 1 aromatic heterocycles. The Morgan fingerprint density at radius 1 is 1.10 bits per heavy atom. The van der Waals surface area contributed by atoms with Gasteiger partial charge in [-0.05, 0) is 49.6 Å². The molecule has 0 fully saturated rings. The van der Waals surface area contributed by atoms with Gasteiger partial charge in [-0.15, -0.1) is 0 Å². The molecule has 0 radical (unpaired) electrons. The molecule has 0 saturated heterocycles. The number of para-hydroxylation sites is 1. The van der Waals surface area contributed by atoms with Crippen molar-refractivity contribution >= 4 is 16.9 Å². The number of rotatable bonds is 8. The molecule has 30 heavy (non-hydrogen) atoms. The number of hydrogen-bond acceptors (Lipinski definition) is 6. The van der Waals surface area contributed by atoms with E-state index in [2.05, 4.69) is 23.8 Å². The lowest BCUT2D eigenvalue weighted by Crippen LogP contribution is -2.17. The molecular weight excluding hydrogens is 384 g/mol. The van der Waals surface area contributed by atoms with Crippen LogP contribution in [-0.2, 0) is 4.74 Å². The molecular formula is C23H26N2O5. The highest BCUT2D eigenvalue weighted by atomic mass is 16.5. The van der Waals surface area contributed by atoms with Gasteiger partial charge in [0, 0.05) is 0 Å². The number of aromatic nitrogens is 2. The van der Waals surface area contributed by atoms with Crippen molar-refractivity contribution in [2.24, 2.45) is 5.92 Å². The highest BCUT2D eigenvalue weighted by Gasteiger charge is 2.18. The second-order valence-corrected chi connectivity index (χ2v) is 7.41. The van der Waals surface area contributed by atoms with Crippen LogP contribution in [0.2, 0.25) is 0 Å². The van der Waals surface area contributed by atoms with Crippen molar-refractivity contribution in [1.29, 1.82) is 0 Å². The number of carbonyl (C=O) groups excluding carboxylic acids is 1. The number of carbonyl (C=O) groups is 1. The van der Waals surface area contributed by atoms with Crippen molar-refractivity contribution in [3.8, 4) is 11.5 Å². The van der Waals surface area contributed by atoms with Gasteiger partial charge in [-0.2, -0.15) is 0 Å². The summed E-state index contributed by atoms with van der Waals surface area (Å²) in [6, 6.07) is 11.9. The molecule has 0 bridgehead atoms. The molecule has 0 saturated carbocycles. The predicted octanol–water partition coefficient (Wildman–Crippen LogP) is 4.27. The van der Waals surface area contributed by atoms with Crippen LogP contribution in [0.1, 0.15) is 49.5 Å². The Labute approximate surface area is 175 Å². The van der Waals surface area contributed by atoms with Gasteiger partial charge < -0.3 is 19.2 Å². The minimum absolute atomic E-state index is 0.275. The molecule has 0 aliphatic rings. The first-order valence-corrected chi connectivity index (χ1v) is 9.89. The number of nitrogens with one attached hydrogen (secondary N) is 1. The maximum Gasteiger partial charge on any atom is 0.338 e. The summed E-state index contributed by atoms with van der Waals surface area (Å²) in [5.41, 5.74) is 0.588. The van der Waals surface area contributed by atoms with Gasteiger partial charge in [0.25, 0.3) is 5.56 Å². The van der Waals surface area contributed by atoms with E-state index in [1.165, 1.54) is 7.11 Å². The quantitative estimate of drug-likeness (QED) is 0.558. The molecule has 7 heteroatoms. The van der Waals surface area contributed by atoms with Gasteiger partial charge >= 0.3 is 5.97 Å². The van der Waals surface area contributed by atoms with Crippen LogP contribution < -0.4 is 15.0 Å². The molecule has 1 N–H and O–H groups in total. The fourth-order valence-corrected chi connectivity index (χ4v) is 2.90. The number of nitrogens with zero attached hydrogens (tertiary/aromatic N) is 1. The third-order valence-electron chi connectivity index (χ3n) is 4.65. The van der Waals surface area contributed by atoms with E-state index in [4.69, 9.17) is 14.2 Å². The van der Waals surface area contributed by atoms with Crippen molar-refractivity contribution in [3.05, 3.63) is 64.2 Å². The van der Waals surface area contributed by atoms with E-state index in [1.807, 2.05) is 0 Å². The van der Waals surface area contributed by atoms with Crippen molar-refractivity contribution in [3.63, 3.8) is 0 Å². The summed E-state index contributed by atoms with van der Waals surface area (Å²) < 4.78 is 16.6. The zero-order valence-electron chi connectivity index (χ0n) is 17.6. The monoisotopic (exact) mass is 410 g/mol. The number of ether oxygens (including phenoxy) is 3. The van der Waals surface area contributed by atoms with E-state index in [0.29, 0.717) is 40.5 Å². The summed E-state index contributed by atoms with van der Waals surface area (Å²) in [5, 5.41) is 0.484. The number of benzene rings is 2. The number of H-pyrrole nitrogens is 1. The Morgan fingerprint density at radius 3 is 2.60 bits per heavy atom. The lowest BCUT2D eigenvalue weighted by Gasteiger charge is -2.15. The van der Waals surface area contributed by atoms with Crippen LogP contribution in [0.3, 0.4) is 0 Å². The molecule has 158 valence electrons. The van der Waals surface area contributed by atoms with Crippen LogP contribution in [0.5, 0.6) is 11.5 Å². The third kappa shape index (κ3) is 4.97. The number of fused-ring (bicyclic) bond motifs is 1. The van der Waals surface area contributed by atoms with E-state index in [-0.39, 0.29) is 11.4 Å². The molecule has 0 spiro atoms. The number of hydrogen-bond donors (Lipinski definition) is 1. The van der Waals surface area contributed by atoms with Gasteiger partial charge in [0.1, 0.15) is 0 Å². The van der Waals surface area contributed by atoms with Crippen LogP contribution in [0.25, 0.3) is 10.9 Å². The van der Waals surface area contributed by atoms with E-state index < -0.39 is 12.1 Å². The minimum Gasteiger partial charge on any atom is -0.493 e. The largest absolute Gasteiger partial charge is 0.493 e. The van der Waals surface area contributed by atoms with Crippen molar-refractivity contribution in [2.75, 3.05) is 13.7 Å². The van der Waals surface area contributed by atoms with Gasteiger partial charge in [0.2, 0.25) is 0 Å². The smallest absolute Gasteiger partial charge is 0.338 e. The zero-order valence-corrected chi connectivity index (χ0v) is 17.6. The first kappa shape index (κ1) is 21.4. The van der Waals surface area contributed by atoms with Crippen LogP contribution in [0.15, 0.2) is 47.3 Å². The highest BCUT2D eigenvalue weighted by Crippen LogP contribution is 2.29. The molecule has 1 heterocycles. The second kappa shape index (κ2) is 9.43. The van der Waals surface area contributed by atoms with E-state index >= 15 is 0 Å². The molecule has 0 aliphatic carbocycles. The van der Waals surface area contributed by atoms with Gasteiger partial charge in [-0.3, -0.25) is 4.79 Å². The van der Waals surface area contributed by atoms with Gasteiger partial charge in [-0.1, -0.05) is 26.0 Å². The van der Waals surface area contributed by atoms with Crippen LogP contribution in [0, 0.1) is 5.92 Å². The van der Waals surface area contributed by atoms with E-state index in [1.54, 1.807) is 49.4 Å². The Morgan fingerprint density at radius 2 is 1.87 bits per heavy atom. The van der Waals surface area contributed by atoms with Crippen LogP contribution in [-0.4, -0.2) is 29.7 Å². The summed E-state index contributed by atoms with van der Waals surface area (Å²) in [6.45, 7) is 6.47. The van der Waals surface area contributed by atoms with Gasteiger partial charge in [0.05, 0.1) is 30.2 Å². The fourth-order valence-electron chi connectivity index (χ4n) is 2.90. The molecule has 3 aromatic rings. The minimum atomic E-state index is -0.734. The highest BCUT2D eigenvalue weighted by molar-refractivity contribution is 5.90. The predicted molar refractivity (Wildman–Crippen MR) is 114 cm³/mol. The lowest BCUT2D eigenvalue weighted by molar-refractivity contribution is 0.0319. The standard InChI is InChI=1S/C23H26N2O5/c1-14(2)11-12-29-19-10-9-16(13-20(19)28-4)23(27)30-15(3)21-24-18-8-6-5-7-17(18)22(26)25-21/h5-10,13-15H,11-12H2,1-4H3,(H,24,25,26)/t15-/m0/s1. The molecule has 0 aliphatic heterocycles. The maximum atomic E-state index is 12.6. The normalized spacial score (nSPS) is 12.0. The van der Waals surface area contributed by atoms with Crippen LogP contribution in [0.4, 0.5) is 0 Å². The van der Waals surface area contributed by atoms with Crippen molar-refractivity contribution < 1.29 is 19.0 Å². The Balaban J connectivity index is 1.74.